The fraction of sp³-hybridized carbons (Fsp3) is 0.261. The number of H-pyrrole nitrogens is 1. The number of amides is 1. The molecule has 3 aromatic rings. The number of aromatic nitrogens is 2. The van der Waals surface area contributed by atoms with Crippen molar-refractivity contribution in [3.8, 4) is 0 Å². The molecule has 0 radical (unpaired) electrons. The highest BCUT2D eigenvalue weighted by Gasteiger charge is 2.26. The van der Waals surface area contributed by atoms with Crippen LogP contribution in [-0.4, -0.2) is 46.5 Å². The number of nitrogens with zero attached hydrogens (tertiary/aromatic N) is 3. The van der Waals surface area contributed by atoms with E-state index in [4.69, 9.17) is 23.2 Å². The van der Waals surface area contributed by atoms with Gasteiger partial charge in [0.25, 0.3) is 11.5 Å². The molecular formula is C23H22Cl2N4O3. The first-order valence-electron chi connectivity index (χ1n) is 10.2. The van der Waals surface area contributed by atoms with Gasteiger partial charge in [-0.1, -0.05) is 47.5 Å². The summed E-state index contributed by atoms with van der Waals surface area (Å²) >= 11 is 12.3. The predicted molar refractivity (Wildman–Crippen MR) is 126 cm³/mol. The molecule has 9 heteroatoms. The van der Waals surface area contributed by atoms with Crippen molar-refractivity contribution >= 4 is 34.8 Å². The monoisotopic (exact) mass is 472 g/mol. The predicted octanol–water partition coefficient (Wildman–Crippen LogP) is 3.16. The van der Waals surface area contributed by atoms with E-state index in [1.165, 1.54) is 6.20 Å². The summed E-state index contributed by atoms with van der Waals surface area (Å²) in [6, 6.07) is 12.7. The summed E-state index contributed by atoms with van der Waals surface area (Å²) in [7, 11) is 0. The number of aromatic amines is 1. The zero-order valence-electron chi connectivity index (χ0n) is 17.5. The van der Waals surface area contributed by atoms with Crippen molar-refractivity contribution in [2.75, 3.05) is 31.1 Å². The molecule has 4 rings (SSSR count). The Labute approximate surface area is 194 Å². The molecule has 0 atom stereocenters. The van der Waals surface area contributed by atoms with E-state index in [0.717, 1.165) is 15.8 Å². The molecule has 1 aliphatic heterocycles. The lowest BCUT2D eigenvalue weighted by molar-refractivity contribution is 0.0743. The highest BCUT2D eigenvalue weighted by Crippen LogP contribution is 2.25. The van der Waals surface area contributed by atoms with Gasteiger partial charge in [-0.25, -0.2) is 4.79 Å². The average Bonchev–Trinajstić information content (AvgIpc) is 2.79. The number of benzene rings is 2. The van der Waals surface area contributed by atoms with E-state index in [1.807, 2.05) is 25.1 Å². The van der Waals surface area contributed by atoms with E-state index in [-0.39, 0.29) is 12.1 Å². The molecule has 2 aromatic carbocycles. The molecule has 0 aliphatic carbocycles. The SMILES string of the molecule is Cc1ccc(Cl)cc1N1CCN(C(=O)c2c[nH]c(=O)n(Cc3ccccc3Cl)c2=O)CC1. The van der Waals surface area contributed by atoms with E-state index in [0.29, 0.717) is 41.8 Å². The third-order valence-corrected chi connectivity index (χ3v) is 6.26. The van der Waals surface area contributed by atoms with Crippen LogP contribution in [0.4, 0.5) is 5.69 Å². The molecule has 7 nitrogen and oxygen atoms in total. The molecule has 166 valence electrons. The molecular weight excluding hydrogens is 451 g/mol. The van der Waals surface area contributed by atoms with Crippen molar-refractivity contribution in [1.82, 2.24) is 14.5 Å². The molecule has 0 saturated carbocycles. The summed E-state index contributed by atoms with van der Waals surface area (Å²) in [6.07, 6.45) is 1.20. The van der Waals surface area contributed by atoms with Crippen LogP contribution in [0.5, 0.6) is 0 Å². The molecule has 1 amide bonds. The van der Waals surface area contributed by atoms with Crippen molar-refractivity contribution in [2.24, 2.45) is 0 Å². The van der Waals surface area contributed by atoms with E-state index in [1.54, 1.807) is 29.2 Å². The lowest BCUT2D eigenvalue weighted by atomic mass is 10.1. The van der Waals surface area contributed by atoms with Gasteiger partial charge in [0.2, 0.25) is 0 Å². The topological polar surface area (TPSA) is 78.4 Å². The Morgan fingerprint density at radius 3 is 2.47 bits per heavy atom. The van der Waals surface area contributed by atoms with Gasteiger partial charge in [0.15, 0.2) is 0 Å². The maximum Gasteiger partial charge on any atom is 0.328 e. The van der Waals surface area contributed by atoms with Crippen LogP contribution >= 0.6 is 23.2 Å². The molecule has 0 bridgehead atoms. The third kappa shape index (κ3) is 4.45. The average molecular weight is 473 g/mol. The number of aryl methyl sites for hydroxylation is 1. The number of hydrogen-bond acceptors (Lipinski definition) is 4. The Hall–Kier alpha value is -3.03. The number of halogens is 2. The second-order valence-corrected chi connectivity index (χ2v) is 8.54. The fourth-order valence-electron chi connectivity index (χ4n) is 3.85. The van der Waals surface area contributed by atoms with E-state index < -0.39 is 17.2 Å². The number of hydrogen-bond donors (Lipinski definition) is 1. The number of carbonyl (C=O) groups excluding carboxylic acids is 1. The number of rotatable bonds is 4. The molecule has 1 N–H and O–H groups in total. The van der Waals surface area contributed by atoms with Gasteiger partial charge in [-0.05, 0) is 36.2 Å². The zero-order valence-corrected chi connectivity index (χ0v) is 19.0. The van der Waals surface area contributed by atoms with Crippen LogP contribution in [0.15, 0.2) is 58.3 Å². The van der Waals surface area contributed by atoms with Gasteiger partial charge < -0.3 is 14.8 Å². The standard InChI is InChI=1S/C23H22Cl2N4O3/c1-15-6-7-17(24)12-20(15)27-8-10-28(11-9-27)21(30)18-13-26-23(32)29(22(18)31)14-16-4-2-3-5-19(16)25/h2-7,12-13H,8-11,14H2,1H3,(H,26,32). The number of anilines is 1. The van der Waals surface area contributed by atoms with Gasteiger partial charge >= 0.3 is 5.69 Å². The normalized spacial score (nSPS) is 14.0. The van der Waals surface area contributed by atoms with Gasteiger partial charge in [-0.3, -0.25) is 14.2 Å². The molecule has 1 saturated heterocycles. The van der Waals surface area contributed by atoms with Crippen molar-refractivity contribution in [1.29, 1.82) is 0 Å². The summed E-state index contributed by atoms with van der Waals surface area (Å²) in [5, 5.41) is 1.11. The van der Waals surface area contributed by atoms with Crippen molar-refractivity contribution in [3.05, 3.63) is 96.2 Å². The van der Waals surface area contributed by atoms with Crippen LogP contribution in [0, 0.1) is 6.92 Å². The van der Waals surface area contributed by atoms with Gasteiger partial charge in [0, 0.05) is 48.1 Å². The first-order valence-corrected chi connectivity index (χ1v) is 11.0. The number of nitrogens with one attached hydrogen (secondary N) is 1. The Balaban J connectivity index is 1.53. The van der Waals surface area contributed by atoms with Crippen molar-refractivity contribution in [2.45, 2.75) is 13.5 Å². The van der Waals surface area contributed by atoms with Crippen LogP contribution in [0.25, 0.3) is 0 Å². The minimum absolute atomic E-state index is 0.0171. The Morgan fingerprint density at radius 1 is 1.03 bits per heavy atom. The first-order chi connectivity index (χ1) is 15.3. The summed E-state index contributed by atoms with van der Waals surface area (Å²) in [4.78, 5) is 44.7. The molecule has 2 heterocycles. The minimum Gasteiger partial charge on any atom is -0.368 e. The quantitative estimate of drug-likeness (QED) is 0.632. The molecule has 1 aliphatic rings. The van der Waals surface area contributed by atoms with E-state index in [2.05, 4.69) is 9.88 Å². The largest absolute Gasteiger partial charge is 0.368 e. The van der Waals surface area contributed by atoms with Crippen molar-refractivity contribution in [3.63, 3.8) is 0 Å². The molecule has 32 heavy (non-hydrogen) atoms. The van der Waals surface area contributed by atoms with Gasteiger partial charge in [-0.2, -0.15) is 0 Å². The second-order valence-electron chi connectivity index (χ2n) is 7.70. The fourth-order valence-corrected chi connectivity index (χ4v) is 4.21. The number of carbonyl (C=O) groups is 1. The lowest BCUT2D eigenvalue weighted by Gasteiger charge is -2.36. The van der Waals surface area contributed by atoms with Crippen molar-refractivity contribution < 1.29 is 4.79 Å². The Bertz CT molecular complexity index is 1280. The Morgan fingerprint density at radius 2 is 1.75 bits per heavy atom. The van der Waals surface area contributed by atoms with Gasteiger partial charge in [0.05, 0.1) is 6.54 Å². The van der Waals surface area contributed by atoms with Crippen LogP contribution in [0.1, 0.15) is 21.5 Å². The first kappa shape index (κ1) is 22.2. The van der Waals surface area contributed by atoms with Gasteiger partial charge in [0.1, 0.15) is 5.56 Å². The highest BCUT2D eigenvalue weighted by atomic mass is 35.5. The summed E-state index contributed by atoms with van der Waals surface area (Å²) in [5.41, 5.74) is 1.48. The van der Waals surface area contributed by atoms with Crippen LogP contribution in [-0.2, 0) is 6.54 Å². The minimum atomic E-state index is -0.633. The smallest absolute Gasteiger partial charge is 0.328 e. The maximum atomic E-state index is 13.1. The van der Waals surface area contributed by atoms with Crippen LogP contribution < -0.4 is 16.1 Å². The van der Waals surface area contributed by atoms with Gasteiger partial charge in [-0.15, -0.1) is 0 Å². The number of piperazine rings is 1. The Kier molecular flexibility index (Phi) is 6.39. The summed E-state index contributed by atoms with van der Waals surface area (Å²) in [6.45, 7) is 4.14. The summed E-state index contributed by atoms with van der Waals surface area (Å²) in [5.74, 6) is -0.401. The third-order valence-electron chi connectivity index (χ3n) is 5.66. The highest BCUT2D eigenvalue weighted by molar-refractivity contribution is 6.31. The molecule has 0 unspecified atom stereocenters. The second kappa shape index (κ2) is 9.22. The maximum absolute atomic E-state index is 13.1. The summed E-state index contributed by atoms with van der Waals surface area (Å²) < 4.78 is 1.00. The molecule has 1 fully saturated rings. The molecule has 0 spiro atoms. The van der Waals surface area contributed by atoms with E-state index in [9.17, 15) is 14.4 Å². The van der Waals surface area contributed by atoms with Crippen LogP contribution in [0.2, 0.25) is 10.0 Å². The van der Waals surface area contributed by atoms with Crippen LogP contribution in [0.3, 0.4) is 0 Å². The lowest BCUT2D eigenvalue weighted by Crippen LogP contribution is -2.50. The van der Waals surface area contributed by atoms with E-state index >= 15 is 0 Å². The molecule has 1 aromatic heterocycles. The zero-order chi connectivity index (χ0) is 22.8.